The predicted octanol–water partition coefficient (Wildman–Crippen LogP) is 8.94. The fourth-order valence-corrected chi connectivity index (χ4v) is 4.60. The highest BCUT2D eigenvalue weighted by molar-refractivity contribution is 7.54. The maximum absolute atomic E-state index is 11.8. The lowest BCUT2D eigenvalue weighted by molar-refractivity contribution is -0.137. The monoisotopic (exact) mass is 628 g/mol. The summed E-state index contributed by atoms with van der Waals surface area (Å²) in [5, 5.41) is 0. The van der Waals surface area contributed by atoms with Crippen molar-refractivity contribution in [3.63, 3.8) is 0 Å². The zero-order valence-corrected chi connectivity index (χ0v) is 25.5. The lowest BCUT2D eigenvalue weighted by atomic mass is 10.1. The lowest BCUT2D eigenvalue weighted by Crippen LogP contribution is -2.06. The summed E-state index contributed by atoms with van der Waals surface area (Å²) in [6.07, 6.45) is -0.0920. The zero-order chi connectivity index (χ0) is 32.2. The van der Waals surface area contributed by atoms with Crippen molar-refractivity contribution >= 4 is 25.6 Å². The number of esters is 1. The molecule has 0 aliphatic carbocycles. The minimum absolute atomic E-state index is 0.130. The Hall–Kier alpha value is -1.72. The minimum atomic E-state index is -4.04. The number of alkyl halides is 6. The van der Waals surface area contributed by atoms with Crippen molar-refractivity contribution in [2.45, 2.75) is 117 Å². The molecule has 14 heteroatoms. The Bertz CT molecular complexity index is 731. The number of hydrogen-bond acceptors (Lipinski definition) is 7. The summed E-state index contributed by atoms with van der Waals surface area (Å²) in [6, 6.07) is 0. The van der Waals surface area contributed by atoms with Crippen molar-refractivity contribution in [2.24, 2.45) is 0 Å². The Morgan fingerprint density at radius 3 is 1.51 bits per heavy atom. The van der Waals surface area contributed by atoms with E-state index in [1.54, 1.807) is 26.8 Å². The van der Waals surface area contributed by atoms with Crippen LogP contribution in [0.3, 0.4) is 0 Å². The maximum atomic E-state index is 11.8. The lowest BCUT2D eigenvalue weighted by Gasteiger charge is -2.14. The molecule has 0 heterocycles. The fraction of sp³-hybridized carbons (Fsp3) is 0.815. The van der Waals surface area contributed by atoms with Crippen molar-refractivity contribution in [1.82, 2.24) is 0 Å². The van der Waals surface area contributed by atoms with Crippen LogP contribution in [0.2, 0.25) is 0 Å². The summed E-state index contributed by atoms with van der Waals surface area (Å²) < 4.78 is 96.1. The Morgan fingerprint density at radius 2 is 1.15 bits per heavy atom. The van der Waals surface area contributed by atoms with Gasteiger partial charge >= 0.3 is 25.9 Å². The van der Waals surface area contributed by atoms with Gasteiger partial charge in [-0.3, -0.25) is 9.36 Å². The summed E-state index contributed by atoms with van der Waals surface area (Å²) in [4.78, 5) is 31.3. The first-order valence-electron chi connectivity index (χ1n) is 13.8. The molecule has 0 spiro atoms. The highest BCUT2D eigenvalue weighted by Crippen LogP contribution is 2.47. The third kappa shape index (κ3) is 40.5. The van der Waals surface area contributed by atoms with Crippen LogP contribution in [-0.2, 0) is 32.7 Å². The van der Waals surface area contributed by atoms with Gasteiger partial charge in [0.25, 0.3) is 0 Å². The first-order chi connectivity index (χ1) is 19.1. The fourth-order valence-electron chi connectivity index (χ4n) is 3.01. The van der Waals surface area contributed by atoms with Gasteiger partial charge < -0.3 is 18.6 Å². The molecule has 0 radical (unpaired) electrons. The number of halogens is 6. The third-order valence-corrected chi connectivity index (χ3v) is 6.86. The van der Waals surface area contributed by atoms with E-state index < -0.39 is 32.8 Å². The zero-order valence-electron chi connectivity index (χ0n) is 24.6. The molecule has 0 bridgehead atoms. The van der Waals surface area contributed by atoms with Crippen LogP contribution in [0.25, 0.3) is 0 Å². The second kappa shape index (κ2) is 27.1. The highest BCUT2D eigenvalue weighted by atomic mass is 31.2. The number of aldehydes is 1. The van der Waals surface area contributed by atoms with Crippen molar-refractivity contribution in [3.8, 4) is 0 Å². The number of carbonyl (C=O) groups excluding carboxylic acids is 3. The summed E-state index contributed by atoms with van der Waals surface area (Å²) in [6.45, 7) is 7.46. The second-order valence-electron chi connectivity index (χ2n) is 8.76. The van der Waals surface area contributed by atoms with Crippen LogP contribution in [-0.4, -0.2) is 56.4 Å². The van der Waals surface area contributed by atoms with Gasteiger partial charge in [-0.05, 0) is 59.8 Å². The molecular weight excluding hydrogens is 581 g/mol. The van der Waals surface area contributed by atoms with E-state index >= 15 is 0 Å². The van der Waals surface area contributed by atoms with Crippen molar-refractivity contribution in [2.75, 3.05) is 26.0 Å². The molecule has 0 aromatic rings. The van der Waals surface area contributed by atoms with E-state index in [1.165, 1.54) is 13.0 Å². The van der Waals surface area contributed by atoms with Crippen molar-refractivity contribution < 1.29 is 59.1 Å². The van der Waals surface area contributed by atoms with Crippen LogP contribution in [0.15, 0.2) is 12.2 Å². The Labute approximate surface area is 240 Å². The number of hydrogen-bond donors (Lipinski definition) is 0. The van der Waals surface area contributed by atoms with E-state index in [1.807, 2.05) is 0 Å². The van der Waals surface area contributed by atoms with Gasteiger partial charge in [0.15, 0.2) is 0 Å². The number of carbonyl (C=O) groups is 3. The smallest absolute Gasteiger partial charge is 0.389 e. The molecule has 0 aliphatic heterocycles. The van der Waals surface area contributed by atoms with Gasteiger partial charge in [-0.1, -0.05) is 31.8 Å². The molecule has 0 saturated carbocycles. The summed E-state index contributed by atoms with van der Waals surface area (Å²) >= 11 is 0. The number of rotatable bonds is 20. The minimum Gasteiger partial charge on any atom is -0.463 e. The van der Waals surface area contributed by atoms with E-state index in [2.05, 4.69) is 4.74 Å². The van der Waals surface area contributed by atoms with Crippen LogP contribution < -0.4 is 0 Å². The quantitative estimate of drug-likeness (QED) is 0.0332. The largest absolute Gasteiger partial charge is 0.463 e. The molecular formula is C27H47F6O7P. The van der Waals surface area contributed by atoms with Crippen LogP contribution in [0, 0.1) is 0 Å². The second-order valence-corrected chi connectivity index (χ2v) is 10.8. The molecule has 7 nitrogen and oxygen atoms in total. The van der Waals surface area contributed by atoms with E-state index in [0.717, 1.165) is 25.5 Å². The number of Topliss-reactive ketones (excluding diaryl/α,β-unsaturated/α-hetero) is 1. The number of ketones is 1. The van der Waals surface area contributed by atoms with Crippen LogP contribution in [0.1, 0.15) is 105 Å². The van der Waals surface area contributed by atoms with Gasteiger partial charge in [0, 0.05) is 25.3 Å². The Kier molecular flexibility index (Phi) is 28.9. The Balaban J connectivity index is -0.000000542. The first-order valence-corrected chi connectivity index (χ1v) is 15.6. The molecule has 244 valence electrons. The standard InChI is InChI=1S/C12H19F3O2.C8H13F3O.C7H15O4P/c1-2-17-11(16)9-7-5-3-4-6-8-10-12(13,14)15;9-8(10,11)6-4-2-1-3-5-7-12;1-4-10-12(9,11-5-2)6-7(3)8/h7,9H,2-6,8,10H2,1H3;7H,1-6H2;4-6H2,1-3H3/b9-7+;;. The van der Waals surface area contributed by atoms with Gasteiger partial charge in [-0.25, -0.2) is 4.79 Å². The van der Waals surface area contributed by atoms with Gasteiger partial charge in [-0.2, -0.15) is 26.3 Å². The first kappa shape index (κ1) is 43.7. The average Bonchev–Trinajstić information content (AvgIpc) is 2.82. The average molecular weight is 629 g/mol. The maximum Gasteiger partial charge on any atom is 0.389 e. The normalized spacial score (nSPS) is 11.8. The van der Waals surface area contributed by atoms with Gasteiger partial charge in [0.05, 0.1) is 19.8 Å². The summed E-state index contributed by atoms with van der Waals surface area (Å²) in [5.74, 6) is -0.551. The van der Waals surface area contributed by atoms with E-state index in [9.17, 15) is 45.3 Å². The van der Waals surface area contributed by atoms with Gasteiger partial charge in [0.1, 0.15) is 18.2 Å². The molecule has 0 N–H and O–H groups in total. The topological polar surface area (TPSA) is 96.0 Å². The Morgan fingerprint density at radius 1 is 0.707 bits per heavy atom. The number of allylic oxidation sites excluding steroid dienone is 1. The summed E-state index contributed by atoms with van der Waals surface area (Å²) in [7, 11) is -3.12. The summed E-state index contributed by atoms with van der Waals surface area (Å²) in [5.41, 5.74) is 0. The SMILES string of the molecule is CCOC(=O)/C=C/CCCCCCC(F)(F)F.CCOP(=O)(CC(C)=O)OCC.O=CCCCCCCC(F)(F)F. The molecule has 0 saturated heterocycles. The molecule has 0 atom stereocenters. The predicted molar refractivity (Wildman–Crippen MR) is 146 cm³/mol. The van der Waals surface area contributed by atoms with Crippen LogP contribution >= 0.6 is 7.60 Å². The third-order valence-electron chi connectivity index (χ3n) is 4.72. The van der Waals surface area contributed by atoms with Crippen molar-refractivity contribution in [1.29, 1.82) is 0 Å². The molecule has 0 fully saturated rings. The molecule has 0 rings (SSSR count). The molecule has 0 aromatic heterocycles. The van der Waals surface area contributed by atoms with E-state index in [-0.39, 0.29) is 30.8 Å². The van der Waals surface area contributed by atoms with Crippen LogP contribution in [0.5, 0.6) is 0 Å². The highest BCUT2D eigenvalue weighted by Gasteiger charge is 2.26. The van der Waals surface area contributed by atoms with E-state index in [0.29, 0.717) is 51.9 Å². The van der Waals surface area contributed by atoms with Gasteiger partial charge in [0.2, 0.25) is 0 Å². The number of unbranched alkanes of at least 4 members (excludes halogenated alkanes) is 8. The van der Waals surface area contributed by atoms with Crippen molar-refractivity contribution in [3.05, 3.63) is 12.2 Å². The van der Waals surface area contributed by atoms with E-state index in [4.69, 9.17) is 9.05 Å². The molecule has 0 unspecified atom stereocenters. The molecule has 0 aromatic carbocycles. The molecule has 0 aliphatic rings. The van der Waals surface area contributed by atoms with Crippen LogP contribution in [0.4, 0.5) is 26.3 Å². The van der Waals surface area contributed by atoms with Gasteiger partial charge in [-0.15, -0.1) is 0 Å². The molecule has 0 amide bonds. The number of ether oxygens (including phenoxy) is 1. The molecule has 41 heavy (non-hydrogen) atoms.